The van der Waals surface area contributed by atoms with Crippen LogP contribution in [0.15, 0.2) is 35.5 Å². The summed E-state index contributed by atoms with van der Waals surface area (Å²) >= 11 is 3.27. The van der Waals surface area contributed by atoms with Gasteiger partial charge in [0.05, 0.1) is 16.5 Å². The number of fused-ring (bicyclic) bond motifs is 2. The highest BCUT2D eigenvalue weighted by Crippen LogP contribution is 2.44. The zero-order valence-corrected chi connectivity index (χ0v) is 16.3. The average Bonchev–Trinajstić information content (AvgIpc) is 3.13. The number of thioether (sulfide) groups is 1. The summed E-state index contributed by atoms with van der Waals surface area (Å²) in [4.78, 5) is 18.9. The number of carbonyl (C=O) groups is 1. The molecule has 1 saturated heterocycles. The maximum absolute atomic E-state index is 12.6. The van der Waals surface area contributed by atoms with E-state index in [0.717, 1.165) is 54.6 Å². The van der Waals surface area contributed by atoms with E-state index in [4.69, 9.17) is 4.74 Å². The smallest absolute Gasteiger partial charge is 0.261 e. The van der Waals surface area contributed by atoms with E-state index in [1.807, 2.05) is 18.2 Å². The minimum absolute atomic E-state index is 0.0232. The summed E-state index contributed by atoms with van der Waals surface area (Å²) in [6.07, 6.45) is 4.67. The second kappa shape index (κ2) is 8.08. The minimum Gasteiger partial charge on any atom is -0.369 e. The summed E-state index contributed by atoms with van der Waals surface area (Å²) in [5.41, 5.74) is 1.13. The summed E-state index contributed by atoms with van der Waals surface area (Å²) in [6.45, 7) is 3.34. The van der Waals surface area contributed by atoms with Crippen molar-refractivity contribution in [1.82, 2.24) is 15.6 Å². The second-order valence-corrected chi connectivity index (χ2v) is 8.75. The molecule has 0 radical (unpaired) electrons. The van der Waals surface area contributed by atoms with Crippen molar-refractivity contribution in [2.45, 2.75) is 29.9 Å². The lowest BCUT2D eigenvalue weighted by molar-refractivity contribution is -0.0771. The molecular weight excluding hydrogens is 366 g/mol. The van der Waals surface area contributed by atoms with Crippen LogP contribution in [0, 0.1) is 0 Å². The van der Waals surface area contributed by atoms with E-state index in [0.29, 0.717) is 6.54 Å². The molecule has 2 aliphatic heterocycles. The van der Waals surface area contributed by atoms with Crippen molar-refractivity contribution in [3.05, 3.63) is 45.8 Å². The first-order valence-corrected chi connectivity index (χ1v) is 10.9. The molecule has 0 saturated carbocycles. The number of aromatic nitrogens is 1. The number of hydrogen-bond acceptors (Lipinski definition) is 6. The maximum atomic E-state index is 12.6. The largest absolute Gasteiger partial charge is 0.369 e. The third kappa shape index (κ3) is 3.81. The van der Waals surface area contributed by atoms with Crippen molar-refractivity contribution in [2.24, 2.45) is 0 Å². The van der Waals surface area contributed by atoms with Crippen LogP contribution >= 0.6 is 23.1 Å². The average molecular weight is 390 g/mol. The van der Waals surface area contributed by atoms with E-state index >= 15 is 0 Å². The first-order valence-electron chi connectivity index (χ1n) is 9.07. The highest BCUT2D eigenvalue weighted by Gasteiger charge is 2.41. The van der Waals surface area contributed by atoms with Gasteiger partial charge < -0.3 is 15.4 Å². The maximum Gasteiger partial charge on any atom is 0.261 e. The third-order valence-electron chi connectivity index (χ3n) is 4.88. The number of amides is 1. The lowest BCUT2D eigenvalue weighted by atomic mass is 9.86. The first-order chi connectivity index (χ1) is 12.8. The normalized spacial score (nSPS) is 18.5. The topological polar surface area (TPSA) is 63.2 Å². The van der Waals surface area contributed by atoms with Gasteiger partial charge in [-0.05, 0) is 56.1 Å². The van der Waals surface area contributed by atoms with Crippen LogP contribution in [0.3, 0.4) is 0 Å². The summed E-state index contributed by atoms with van der Waals surface area (Å²) in [6, 6.07) is 7.94. The molecule has 4 heterocycles. The van der Waals surface area contributed by atoms with Crippen LogP contribution in [0.25, 0.3) is 0 Å². The van der Waals surface area contributed by atoms with Gasteiger partial charge in [-0.15, -0.1) is 23.1 Å². The van der Waals surface area contributed by atoms with Gasteiger partial charge in [-0.25, -0.2) is 4.98 Å². The molecule has 1 fully saturated rings. The fourth-order valence-corrected chi connectivity index (χ4v) is 5.63. The van der Waals surface area contributed by atoms with Gasteiger partial charge in [0.15, 0.2) is 0 Å². The third-order valence-corrected chi connectivity index (χ3v) is 7.19. The number of piperidine rings is 1. The number of nitrogens with one attached hydrogen (secondary N) is 2. The van der Waals surface area contributed by atoms with Crippen molar-refractivity contribution in [2.75, 3.05) is 32.0 Å². The standard InChI is InChI=1S/C19H23N3O2S2/c23-18(22-10-12-25-16-3-1-2-7-21-16)15-13-14-4-11-24-19(17(14)26-15)5-8-20-9-6-19/h1-3,7,13,20H,4-6,8-12H2,(H,22,23). The summed E-state index contributed by atoms with van der Waals surface area (Å²) in [5.74, 6) is 0.835. The molecule has 4 rings (SSSR count). The monoisotopic (exact) mass is 389 g/mol. The molecule has 5 nitrogen and oxygen atoms in total. The SMILES string of the molecule is O=C(NCCSc1ccccn1)c1cc2c(s1)C1(CCNCC1)OCC2. The quantitative estimate of drug-likeness (QED) is 0.608. The number of hydrogen-bond donors (Lipinski definition) is 2. The fourth-order valence-electron chi connectivity index (χ4n) is 3.58. The lowest BCUT2D eigenvalue weighted by Crippen LogP contribution is -2.43. The van der Waals surface area contributed by atoms with Crippen molar-refractivity contribution >= 4 is 29.0 Å². The second-order valence-electron chi connectivity index (χ2n) is 6.58. The Morgan fingerprint density at radius 1 is 1.38 bits per heavy atom. The van der Waals surface area contributed by atoms with Gasteiger partial charge in [-0.1, -0.05) is 6.07 Å². The fraction of sp³-hybridized carbons (Fsp3) is 0.474. The van der Waals surface area contributed by atoms with Crippen LogP contribution in [0.4, 0.5) is 0 Å². The van der Waals surface area contributed by atoms with E-state index in [9.17, 15) is 4.79 Å². The summed E-state index contributed by atoms with van der Waals surface area (Å²) < 4.78 is 6.20. The molecule has 1 spiro atoms. The van der Waals surface area contributed by atoms with Gasteiger partial charge in [0.2, 0.25) is 0 Å². The van der Waals surface area contributed by atoms with Crippen LogP contribution in [0.2, 0.25) is 0 Å². The highest BCUT2D eigenvalue weighted by molar-refractivity contribution is 7.99. The van der Waals surface area contributed by atoms with Crippen LogP contribution in [-0.2, 0) is 16.8 Å². The molecular formula is C19H23N3O2S2. The summed E-state index contributed by atoms with van der Waals surface area (Å²) in [7, 11) is 0. The number of rotatable bonds is 5. The Kier molecular flexibility index (Phi) is 5.59. The van der Waals surface area contributed by atoms with Gasteiger partial charge in [-0.3, -0.25) is 4.79 Å². The van der Waals surface area contributed by atoms with Gasteiger partial charge in [-0.2, -0.15) is 0 Å². The molecule has 2 aromatic heterocycles. The number of thiophene rings is 1. The summed E-state index contributed by atoms with van der Waals surface area (Å²) in [5, 5.41) is 7.43. The molecule has 1 amide bonds. The van der Waals surface area contributed by atoms with Crippen LogP contribution in [0.1, 0.15) is 33.0 Å². The van der Waals surface area contributed by atoms with Crippen molar-refractivity contribution in [1.29, 1.82) is 0 Å². The van der Waals surface area contributed by atoms with Crippen molar-refractivity contribution < 1.29 is 9.53 Å². The Labute approximate surface area is 161 Å². The number of pyridine rings is 1. The van der Waals surface area contributed by atoms with E-state index in [2.05, 4.69) is 21.7 Å². The van der Waals surface area contributed by atoms with Gasteiger partial charge >= 0.3 is 0 Å². The Bertz CT molecular complexity index is 757. The molecule has 7 heteroatoms. The number of ether oxygens (including phenoxy) is 1. The molecule has 0 atom stereocenters. The van der Waals surface area contributed by atoms with E-state index in [-0.39, 0.29) is 11.5 Å². The first kappa shape index (κ1) is 18.0. The Balaban J connectivity index is 1.37. The Morgan fingerprint density at radius 2 is 2.27 bits per heavy atom. The molecule has 2 aliphatic rings. The van der Waals surface area contributed by atoms with Crippen LogP contribution in [0.5, 0.6) is 0 Å². The molecule has 2 aromatic rings. The molecule has 0 aromatic carbocycles. The molecule has 0 unspecified atom stereocenters. The Morgan fingerprint density at radius 3 is 3.08 bits per heavy atom. The molecule has 2 N–H and O–H groups in total. The predicted octanol–water partition coefficient (Wildman–Crippen LogP) is 2.82. The van der Waals surface area contributed by atoms with Crippen LogP contribution < -0.4 is 10.6 Å². The minimum atomic E-state index is -0.170. The Hall–Kier alpha value is -1.41. The number of carbonyl (C=O) groups excluding carboxylic acids is 1. The predicted molar refractivity (Wildman–Crippen MR) is 105 cm³/mol. The van der Waals surface area contributed by atoms with Crippen molar-refractivity contribution in [3.63, 3.8) is 0 Å². The van der Waals surface area contributed by atoms with E-state index in [1.165, 1.54) is 10.4 Å². The van der Waals surface area contributed by atoms with E-state index < -0.39 is 0 Å². The van der Waals surface area contributed by atoms with Crippen molar-refractivity contribution in [3.8, 4) is 0 Å². The van der Waals surface area contributed by atoms with Gasteiger partial charge in [0, 0.05) is 23.4 Å². The van der Waals surface area contributed by atoms with E-state index in [1.54, 1.807) is 29.3 Å². The van der Waals surface area contributed by atoms with Gasteiger partial charge in [0.25, 0.3) is 5.91 Å². The zero-order valence-electron chi connectivity index (χ0n) is 14.6. The molecule has 0 bridgehead atoms. The number of nitrogens with zero attached hydrogens (tertiary/aromatic N) is 1. The zero-order chi connectivity index (χ0) is 17.8. The molecule has 138 valence electrons. The van der Waals surface area contributed by atoms with Crippen LogP contribution in [-0.4, -0.2) is 42.9 Å². The lowest BCUT2D eigenvalue weighted by Gasteiger charge is -2.40. The molecule has 26 heavy (non-hydrogen) atoms. The molecule has 0 aliphatic carbocycles. The van der Waals surface area contributed by atoms with Gasteiger partial charge in [0.1, 0.15) is 5.60 Å². The highest BCUT2D eigenvalue weighted by atomic mass is 32.2.